The first-order valence-corrected chi connectivity index (χ1v) is 7.67. The van der Waals surface area contributed by atoms with Crippen molar-refractivity contribution in [3.05, 3.63) is 56.8 Å². The fourth-order valence-electron chi connectivity index (χ4n) is 1.42. The molecule has 0 unspecified atom stereocenters. The number of thiophene rings is 1. The van der Waals surface area contributed by atoms with Gasteiger partial charge in [-0.15, -0.1) is 0 Å². The van der Waals surface area contributed by atoms with E-state index in [4.69, 9.17) is 0 Å². The summed E-state index contributed by atoms with van der Waals surface area (Å²) in [6, 6.07) is 6.76. The second-order valence-corrected chi connectivity index (χ2v) is 6.26. The minimum absolute atomic E-state index is 0.114. The van der Waals surface area contributed by atoms with E-state index >= 15 is 0 Å². The number of rotatable bonds is 5. The van der Waals surface area contributed by atoms with E-state index in [1.54, 1.807) is 6.07 Å². The Kier molecular flexibility index (Phi) is 3.93. The summed E-state index contributed by atoms with van der Waals surface area (Å²) >= 11 is 1.47. The van der Waals surface area contributed by atoms with Crippen LogP contribution in [0.15, 0.2) is 46.0 Å². The minimum Gasteiger partial charge on any atom is -0.258 e. The molecule has 0 atom stereocenters. The molecule has 0 saturated carbocycles. The third-order valence-electron chi connectivity index (χ3n) is 2.39. The number of nitrogens with one attached hydrogen (secondary N) is 1. The first-order valence-electron chi connectivity index (χ1n) is 5.24. The molecule has 0 radical (unpaired) electrons. The molecular formula is C11H10N2O4S2. The van der Waals surface area contributed by atoms with E-state index in [9.17, 15) is 18.5 Å². The van der Waals surface area contributed by atoms with Gasteiger partial charge in [0.15, 0.2) is 0 Å². The Hall–Kier alpha value is -1.77. The Morgan fingerprint density at radius 1 is 1.32 bits per heavy atom. The molecule has 0 saturated heterocycles. The van der Waals surface area contributed by atoms with Crippen molar-refractivity contribution in [1.29, 1.82) is 0 Å². The van der Waals surface area contributed by atoms with Crippen LogP contribution >= 0.6 is 11.3 Å². The first kappa shape index (κ1) is 13.7. The van der Waals surface area contributed by atoms with Gasteiger partial charge in [-0.2, -0.15) is 11.3 Å². The van der Waals surface area contributed by atoms with Crippen LogP contribution < -0.4 is 4.72 Å². The maximum atomic E-state index is 12.0. The maximum absolute atomic E-state index is 12.0. The molecule has 8 heteroatoms. The van der Waals surface area contributed by atoms with Crippen LogP contribution in [0.1, 0.15) is 5.56 Å². The van der Waals surface area contributed by atoms with E-state index in [2.05, 4.69) is 4.72 Å². The number of non-ortho nitro benzene ring substituents is 1. The molecular weight excluding hydrogens is 288 g/mol. The summed E-state index contributed by atoms with van der Waals surface area (Å²) in [5.41, 5.74) is 0.595. The van der Waals surface area contributed by atoms with Crippen LogP contribution in [0.4, 0.5) is 5.69 Å². The molecule has 0 aliphatic carbocycles. The predicted octanol–water partition coefficient (Wildman–Crippen LogP) is 2.13. The maximum Gasteiger partial charge on any atom is 0.270 e. The van der Waals surface area contributed by atoms with Crippen molar-refractivity contribution in [3.63, 3.8) is 0 Å². The fourth-order valence-corrected chi connectivity index (χ4v) is 3.14. The molecule has 0 aliphatic heterocycles. The van der Waals surface area contributed by atoms with E-state index in [1.165, 1.54) is 29.5 Å². The topological polar surface area (TPSA) is 89.3 Å². The van der Waals surface area contributed by atoms with Crippen LogP contribution in [0.2, 0.25) is 0 Å². The van der Waals surface area contributed by atoms with Crippen LogP contribution in [0.25, 0.3) is 0 Å². The second-order valence-electron chi connectivity index (χ2n) is 3.71. The Morgan fingerprint density at radius 3 is 2.74 bits per heavy atom. The van der Waals surface area contributed by atoms with E-state index in [0.717, 1.165) is 11.6 Å². The summed E-state index contributed by atoms with van der Waals surface area (Å²) in [5.74, 6) is 0. The van der Waals surface area contributed by atoms with Gasteiger partial charge in [-0.3, -0.25) is 10.1 Å². The Bertz CT molecular complexity index is 680. The zero-order valence-corrected chi connectivity index (χ0v) is 11.3. The van der Waals surface area contributed by atoms with E-state index < -0.39 is 14.9 Å². The Balaban J connectivity index is 2.19. The molecule has 0 amide bonds. The van der Waals surface area contributed by atoms with Crippen molar-refractivity contribution < 1.29 is 13.3 Å². The average molecular weight is 298 g/mol. The van der Waals surface area contributed by atoms with Gasteiger partial charge in [0, 0.05) is 18.7 Å². The quantitative estimate of drug-likeness (QED) is 0.676. The molecule has 2 aromatic rings. The lowest BCUT2D eigenvalue weighted by Crippen LogP contribution is -2.23. The lowest BCUT2D eigenvalue weighted by atomic mass is 10.3. The Labute approximate surface area is 113 Å². The van der Waals surface area contributed by atoms with Gasteiger partial charge in [0.05, 0.1) is 9.82 Å². The molecule has 100 valence electrons. The molecule has 0 spiro atoms. The molecule has 0 bridgehead atoms. The van der Waals surface area contributed by atoms with Crippen LogP contribution in [0.3, 0.4) is 0 Å². The lowest BCUT2D eigenvalue weighted by Gasteiger charge is -2.05. The fraction of sp³-hybridized carbons (Fsp3) is 0.0909. The van der Waals surface area contributed by atoms with E-state index in [1.807, 2.05) is 10.8 Å². The smallest absolute Gasteiger partial charge is 0.258 e. The molecule has 1 N–H and O–H groups in total. The number of hydrogen-bond donors (Lipinski definition) is 1. The summed E-state index contributed by atoms with van der Waals surface area (Å²) in [6.45, 7) is 0.161. The van der Waals surface area contributed by atoms with Gasteiger partial charge >= 0.3 is 0 Å². The number of sulfonamides is 1. The number of nitro benzene ring substituents is 1. The number of hydrogen-bond acceptors (Lipinski definition) is 5. The molecule has 0 aliphatic rings. The first-order chi connectivity index (χ1) is 8.99. The molecule has 19 heavy (non-hydrogen) atoms. The monoisotopic (exact) mass is 298 g/mol. The van der Waals surface area contributed by atoms with Crippen LogP contribution in [-0.4, -0.2) is 13.3 Å². The van der Waals surface area contributed by atoms with Crippen LogP contribution in [0, 0.1) is 10.1 Å². The van der Waals surface area contributed by atoms with Gasteiger partial charge in [-0.05, 0) is 28.5 Å². The van der Waals surface area contributed by atoms with Crippen molar-refractivity contribution in [2.45, 2.75) is 11.4 Å². The number of benzene rings is 1. The van der Waals surface area contributed by atoms with Crippen LogP contribution in [0.5, 0.6) is 0 Å². The highest BCUT2D eigenvalue weighted by molar-refractivity contribution is 7.89. The zero-order valence-electron chi connectivity index (χ0n) is 9.65. The van der Waals surface area contributed by atoms with Crippen molar-refractivity contribution in [1.82, 2.24) is 4.72 Å². The third kappa shape index (κ3) is 3.37. The van der Waals surface area contributed by atoms with Gasteiger partial charge in [0.2, 0.25) is 10.0 Å². The highest BCUT2D eigenvalue weighted by Gasteiger charge is 2.17. The molecule has 1 aromatic carbocycles. The van der Waals surface area contributed by atoms with Gasteiger partial charge in [0.1, 0.15) is 0 Å². The zero-order chi connectivity index (χ0) is 13.9. The van der Waals surface area contributed by atoms with Crippen LogP contribution in [-0.2, 0) is 16.6 Å². The van der Waals surface area contributed by atoms with Gasteiger partial charge in [0.25, 0.3) is 5.69 Å². The van der Waals surface area contributed by atoms with Gasteiger partial charge in [-0.25, -0.2) is 13.1 Å². The molecule has 6 nitrogen and oxygen atoms in total. The van der Waals surface area contributed by atoms with E-state index in [0.29, 0.717) is 0 Å². The molecule has 2 rings (SSSR count). The average Bonchev–Trinajstić information content (AvgIpc) is 2.90. The second kappa shape index (κ2) is 5.47. The van der Waals surface area contributed by atoms with Crippen molar-refractivity contribution in [2.24, 2.45) is 0 Å². The van der Waals surface area contributed by atoms with Crippen molar-refractivity contribution in [3.8, 4) is 0 Å². The van der Waals surface area contributed by atoms with E-state index in [-0.39, 0.29) is 17.1 Å². The van der Waals surface area contributed by atoms with Gasteiger partial charge in [-0.1, -0.05) is 6.07 Å². The minimum atomic E-state index is -3.74. The summed E-state index contributed by atoms with van der Waals surface area (Å²) in [7, 11) is -3.74. The third-order valence-corrected chi connectivity index (χ3v) is 4.52. The highest BCUT2D eigenvalue weighted by Crippen LogP contribution is 2.17. The predicted molar refractivity (Wildman–Crippen MR) is 71.4 cm³/mol. The Morgan fingerprint density at radius 2 is 2.11 bits per heavy atom. The normalized spacial score (nSPS) is 11.4. The van der Waals surface area contributed by atoms with Crippen molar-refractivity contribution >= 4 is 27.0 Å². The summed E-state index contributed by atoms with van der Waals surface area (Å²) in [5, 5.41) is 14.3. The molecule has 1 heterocycles. The summed E-state index contributed by atoms with van der Waals surface area (Å²) in [4.78, 5) is 9.88. The molecule has 1 aromatic heterocycles. The van der Waals surface area contributed by atoms with Crippen molar-refractivity contribution in [2.75, 3.05) is 0 Å². The van der Waals surface area contributed by atoms with Gasteiger partial charge < -0.3 is 0 Å². The highest BCUT2D eigenvalue weighted by atomic mass is 32.2. The SMILES string of the molecule is O=[N+]([O-])c1cccc(S(=O)(=O)NCc2ccsc2)c1. The summed E-state index contributed by atoms with van der Waals surface area (Å²) < 4.78 is 26.3. The standard InChI is InChI=1S/C11H10N2O4S2/c14-13(15)10-2-1-3-11(6-10)19(16,17)12-7-9-4-5-18-8-9/h1-6,8,12H,7H2. The largest absolute Gasteiger partial charge is 0.270 e. The lowest BCUT2D eigenvalue weighted by molar-refractivity contribution is -0.385. The number of nitro groups is 1. The summed E-state index contributed by atoms with van der Waals surface area (Å²) in [6.07, 6.45) is 0. The number of nitrogens with zero attached hydrogens (tertiary/aromatic N) is 1. The molecule has 0 fully saturated rings.